The number of rotatable bonds is 5. The van der Waals surface area contributed by atoms with Gasteiger partial charge in [-0.25, -0.2) is 0 Å². The molecule has 4 nitrogen and oxygen atoms in total. The van der Waals surface area contributed by atoms with Gasteiger partial charge in [-0.15, -0.1) is 11.3 Å². The van der Waals surface area contributed by atoms with Gasteiger partial charge in [-0.2, -0.15) is 4.98 Å². The van der Waals surface area contributed by atoms with Crippen LogP contribution in [0.4, 0.5) is 0 Å². The van der Waals surface area contributed by atoms with Gasteiger partial charge in [-0.05, 0) is 17.4 Å². The van der Waals surface area contributed by atoms with E-state index in [-0.39, 0.29) is 6.04 Å². The summed E-state index contributed by atoms with van der Waals surface area (Å²) < 4.78 is 5.20. The maximum Gasteiger partial charge on any atom is 0.228 e. The monoisotopic (exact) mass is 251 g/mol. The molecule has 0 aliphatic heterocycles. The van der Waals surface area contributed by atoms with E-state index in [4.69, 9.17) is 10.3 Å². The van der Waals surface area contributed by atoms with Crippen molar-refractivity contribution in [2.45, 2.75) is 32.7 Å². The highest BCUT2D eigenvalue weighted by atomic mass is 32.1. The molecule has 0 aliphatic carbocycles. The zero-order valence-electron chi connectivity index (χ0n) is 10.1. The summed E-state index contributed by atoms with van der Waals surface area (Å²) in [5.41, 5.74) is 5.97. The zero-order valence-corrected chi connectivity index (χ0v) is 10.9. The van der Waals surface area contributed by atoms with Crippen molar-refractivity contribution in [2.24, 2.45) is 11.7 Å². The van der Waals surface area contributed by atoms with E-state index in [1.165, 1.54) is 4.88 Å². The third-order valence-electron chi connectivity index (χ3n) is 2.69. The number of hydrogen-bond acceptors (Lipinski definition) is 5. The predicted molar refractivity (Wildman–Crippen MR) is 67.9 cm³/mol. The van der Waals surface area contributed by atoms with Crippen LogP contribution in [0.1, 0.15) is 30.4 Å². The Labute approximate surface area is 105 Å². The molecule has 0 saturated carbocycles. The predicted octanol–water partition coefficient (Wildman–Crippen LogP) is 2.25. The summed E-state index contributed by atoms with van der Waals surface area (Å²) >= 11 is 1.70. The van der Waals surface area contributed by atoms with Crippen LogP contribution in [0.3, 0.4) is 0 Å². The number of thiophene rings is 1. The molecule has 0 fully saturated rings. The van der Waals surface area contributed by atoms with Crippen molar-refractivity contribution >= 4 is 11.3 Å². The van der Waals surface area contributed by atoms with Gasteiger partial charge in [-0.1, -0.05) is 25.1 Å². The van der Waals surface area contributed by atoms with Crippen LogP contribution < -0.4 is 5.73 Å². The Morgan fingerprint density at radius 3 is 2.94 bits per heavy atom. The summed E-state index contributed by atoms with van der Waals surface area (Å²) in [6.45, 7) is 4.18. The summed E-state index contributed by atoms with van der Waals surface area (Å²) in [4.78, 5) is 5.60. The molecule has 0 aromatic carbocycles. The summed E-state index contributed by atoms with van der Waals surface area (Å²) in [5, 5.41) is 6.02. The summed E-state index contributed by atoms with van der Waals surface area (Å²) in [6, 6.07) is 4.17. The lowest BCUT2D eigenvalue weighted by molar-refractivity contribution is 0.350. The quantitative estimate of drug-likeness (QED) is 0.885. The van der Waals surface area contributed by atoms with Crippen LogP contribution in [0, 0.1) is 5.92 Å². The number of hydrogen-bond donors (Lipinski definition) is 1. The van der Waals surface area contributed by atoms with Crippen molar-refractivity contribution in [3.8, 4) is 0 Å². The van der Waals surface area contributed by atoms with Crippen LogP contribution in [0.5, 0.6) is 0 Å². The van der Waals surface area contributed by atoms with Crippen LogP contribution in [0.25, 0.3) is 0 Å². The zero-order chi connectivity index (χ0) is 12.3. The van der Waals surface area contributed by atoms with E-state index >= 15 is 0 Å². The van der Waals surface area contributed by atoms with Crippen LogP contribution >= 0.6 is 11.3 Å². The largest absolute Gasteiger partial charge is 0.339 e. The first-order chi connectivity index (χ1) is 8.15. The lowest BCUT2D eigenvalue weighted by atomic mass is 10.0. The second-order valence-electron chi connectivity index (χ2n) is 4.47. The molecule has 2 aromatic heterocycles. The molecule has 2 aromatic rings. The fourth-order valence-electron chi connectivity index (χ4n) is 1.45. The lowest BCUT2D eigenvalue weighted by Gasteiger charge is -2.11. The van der Waals surface area contributed by atoms with Gasteiger partial charge in [0.05, 0.1) is 0 Å². The topological polar surface area (TPSA) is 64.9 Å². The summed E-state index contributed by atoms with van der Waals surface area (Å²) in [7, 11) is 0. The SMILES string of the molecule is CC(C)C(N)Cc1nc(Cc2cccs2)no1. The molecule has 5 heteroatoms. The van der Waals surface area contributed by atoms with Crippen molar-refractivity contribution in [1.29, 1.82) is 0 Å². The summed E-state index contributed by atoms with van der Waals surface area (Å²) in [6.07, 6.45) is 1.38. The third-order valence-corrected chi connectivity index (χ3v) is 3.57. The minimum Gasteiger partial charge on any atom is -0.339 e. The Balaban J connectivity index is 1.96. The van der Waals surface area contributed by atoms with Gasteiger partial charge in [0, 0.05) is 23.8 Å². The minimum atomic E-state index is 0.0741. The molecule has 0 spiro atoms. The maximum absolute atomic E-state index is 5.97. The molecule has 1 unspecified atom stereocenters. The van der Waals surface area contributed by atoms with E-state index in [0.717, 1.165) is 12.2 Å². The van der Waals surface area contributed by atoms with Crippen molar-refractivity contribution in [3.63, 3.8) is 0 Å². The molecule has 0 radical (unpaired) electrons. The summed E-state index contributed by atoms with van der Waals surface area (Å²) in [5.74, 6) is 1.79. The molecule has 1 atom stereocenters. The molecule has 2 N–H and O–H groups in total. The molecule has 0 amide bonds. The molecule has 0 aliphatic rings. The molecule has 2 heterocycles. The second-order valence-corrected chi connectivity index (χ2v) is 5.50. The fraction of sp³-hybridized carbons (Fsp3) is 0.500. The van der Waals surface area contributed by atoms with Gasteiger partial charge < -0.3 is 10.3 Å². The number of aromatic nitrogens is 2. The van der Waals surface area contributed by atoms with Gasteiger partial charge in [0.15, 0.2) is 5.82 Å². The van der Waals surface area contributed by atoms with Crippen molar-refractivity contribution in [3.05, 3.63) is 34.1 Å². The van der Waals surface area contributed by atoms with E-state index in [2.05, 4.69) is 30.1 Å². The molecule has 17 heavy (non-hydrogen) atoms. The van der Waals surface area contributed by atoms with Gasteiger partial charge in [0.2, 0.25) is 5.89 Å². The first-order valence-corrected chi connectivity index (χ1v) is 6.62. The van der Waals surface area contributed by atoms with E-state index in [1.807, 2.05) is 11.4 Å². The molecular formula is C12H17N3OS. The normalized spacial score (nSPS) is 13.2. The Hall–Kier alpha value is -1.20. The Kier molecular flexibility index (Phi) is 3.91. The van der Waals surface area contributed by atoms with E-state index < -0.39 is 0 Å². The molecule has 92 valence electrons. The minimum absolute atomic E-state index is 0.0741. The first kappa shape index (κ1) is 12.3. The number of nitrogens with zero attached hydrogens (tertiary/aromatic N) is 2. The lowest BCUT2D eigenvalue weighted by Crippen LogP contribution is -2.28. The van der Waals surface area contributed by atoms with Gasteiger partial charge in [0.25, 0.3) is 0 Å². The van der Waals surface area contributed by atoms with Crippen molar-refractivity contribution < 1.29 is 4.52 Å². The molecule has 0 bridgehead atoms. The van der Waals surface area contributed by atoms with Crippen molar-refractivity contribution in [2.75, 3.05) is 0 Å². The highest BCUT2D eigenvalue weighted by molar-refractivity contribution is 7.09. The number of nitrogens with two attached hydrogens (primary N) is 1. The Morgan fingerprint density at radius 2 is 2.29 bits per heavy atom. The van der Waals surface area contributed by atoms with Crippen LogP contribution in [-0.2, 0) is 12.8 Å². The smallest absolute Gasteiger partial charge is 0.228 e. The molecular weight excluding hydrogens is 234 g/mol. The highest BCUT2D eigenvalue weighted by Gasteiger charge is 2.14. The van der Waals surface area contributed by atoms with Crippen LogP contribution in [0.2, 0.25) is 0 Å². The highest BCUT2D eigenvalue weighted by Crippen LogP contribution is 2.13. The van der Waals surface area contributed by atoms with Crippen molar-refractivity contribution in [1.82, 2.24) is 10.1 Å². The van der Waals surface area contributed by atoms with Gasteiger partial charge in [-0.3, -0.25) is 0 Å². The van der Waals surface area contributed by atoms with Crippen LogP contribution in [-0.4, -0.2) is 16.2 Å². The molecule has 2 rings (SSSR count). The first-order valence-electron chi connectivity index (χ1n) is 5.74. The standard InChI is InChI=1S/C12H17N3OS/c1-8(2)10(13)7-12-14-11(15-16-12)6-9-4-3-5-17-9/h3-5,8,10H,6-7,13H2,1-2H3. The second kappa shape index (κ2) is 5.42. The van der Waals surface area contributed by atoms with Gasteiger partial charge >= 0.3 is 0 Å². The van der Waals surface area contributed by atoms with E-state index in [9.17, 15) is 0 Å². The average Bonchev–Trinajstić information content (AvgIpc) is 2.91. The average molecular weight is 251 g/mol. The third kappa shape index (κ3) is 3.38. The maximum atomic E-state index is 5.97. The van der Waals surface area contributed by atoms with Crippen LogP contribution in [0.15, 0.2) is 22.0 Å². The fourth-order valence-corrected chi connectivity index (χ4v) is 2.15. The Bertz CT molecular complexity index is 450. The van der Waals surface area contributed by atoms with Gasteiger partial charge in [0.1, 0.15) is 0 Å². The molecule has 0 saturated heterocycles. The van der Waals surface area contributed by atoms with E-state index in [1.54, 1.807) is 11.3 Å². The van der Waals surface area contributed by atoms with E-state index in [0.29, 0.717) is 18.2 Å². The Morgan fingerprint density at radius 1 is 1.47 bits per heavy atom.